The lowest BCUT2D eigenvalue weighted by Gasteiger charge is -2.22. The smallest absolute Gasteiger partial charge is 0.0107 e. The second-order valence-corrected chi connectivity index (χ2v) is 5.56. The summed E-state index contributed by atoms with van der Waals surface area (Å²) in [4.78, 5) is 2.65. The first-order valence-electron chi connectivity index (χ1n) is 7.36. The van der Waals surface area contributed by atoms with Gasteiger partial charge in [0.2, 0.25) is 0 Å². The lowest BCUT2D eigenvalue weighted by Crippen LogP contribution is -2.38. The van der Waals surface area contributed by atoms with E-state index in [0.29, 0.717) is 0 Å². The van der Waals surface area contributed by atoms with Gasteiger partial charge in [0.25, 0.3) is 0 Å². The summed E-state index contributed by atoms with van der Waals surface area (Å²) in [6.07, 6.45) is 9.97. The maximum atomic E-state index is 3.76. The molecule has 0 aromatic rings. The highest BCUT2D eigenvalue weighted by Gasteiger charge is 2.29. The first-order valence-corrected chi connectivity index (χ1v) is 7.36. The lowest BCUT2D eigenvalue weighted by molar-refractivity contribution is 0.275. The van der Waals surface area contributed by atoms with Crippen LogP contribution in [-0.4, -0.2) is 37.1 Å². The molecule has 2 nitrogen and oxygen atoms in total. The van der Waals surface area contributed by atoms with Crippen molar-refractivity contribution in [1.82, 2.24) is 10.2 Å². The number of nitrogens with one attached hydrogen (secondary N) is 1. The number of hydrogen-bond donors (Lipinski definition) is 1. The van der Waals surface area contributed by atoms with Crippen molar-refractivity contribution in [1.29, 1.82) is 0 Å². The molecule has 1 saturated heterocycles. The zero-order valence-corrected chi connectivity index (χ0v) is 10.9. The van der Waals surface area contributed by atoms with Crippen LogP contribution in [0.25, 0.3) is 0 Å². The van der Waals surface area contributed by atoms with Crippen LogP contribution in [0.3, 0.4) is 0 Å². The standard InChI is InChI=1S/C14H28N2/c1-2-14(13-7-8-13)15-9-12-16-10-5-3-4-6-11-16/h13-15H,2-12H2,1H3. The summed E-state index contributed by atoms with van der Waals surface area (Å²) in [7, 11) is 0. The minimum Gasteiger partial charge on any atom is -0.312 e. The van der Waals surface area contributed by atoms with Crippen molar-refractivity contribution in [3.8, 4) is 0 Å². The molecule has 1 unspecified atom stereocenters. The summed E-state index contributed by atoms with van der Waals surface area (Å²) in [5, 5.41) is 3.76. The van der Waals surface area contributed by atoms with Crippen LogP contribution in [-0.2, 0) is 0 Å². The van der Waals surface area contributed by atoms with Crippen molar-refractivity contribution < 1.29 is 0 Å². The van der Waals surface area contributed by atoms with Crippen molar-refractivity contribution in [3.05, 3.63) is 0 Å². The van der Waals surface area contributed by atoms with E-state index in [-0.39, 0.29) is 0 Å². The van der Waals surface area contributed by atoms with Crippen LogP contribution in [0, 0.1) is 5.92 Å². The fourth-order valence-electron chi connectivity index (χ4n) is 2.91. The number of rotatable bonds is 6. The van der Waals surface area contributed by atoms with Gasteiger partial charge in [-0.25, -0.2) is 0 Å². The first-order chi connectivity index (χ1) is 7.90. The lowest BCUT2D eigenvalue weighted by atomic mass is 10.1. The van der Waals surface area contributed by atoms with Gasteiger partial charge in [0.15, 0.2) is 0 Å². The summed E-state index contributed by atoms with van der Waals surface area (Å²) in [6.45, 7) is 7.46. The molecular weight excluding hydrogens is 196 g/mol. The largest absolute Gasteiger partial charge is 0.312 e. The van der Waals surface area contributed by atoms with Gasteiger partial charge >= 0.3 is 0 Å². The molecule has 1 atom stereocenters. The Labute approximate surface area is 101 Å². The van der Waals surface area contributed by atoms with Crippen molar-refractivity contribution in [2.45, 2.75) is 57.9 Å². The van der Waals surface area contributed by atoms with Gasteiger partial charge in [-0.1, -0.05) is 19.8 Å². The third-order valence-corrected chi connectivity index (χ3v) is 4.16. The fourth-order valence-corrected chi connectivity index (χ4v) is 2.91. The first kappa shape index (κ1) is 12.4. The molecule has 0 bridgehead atoms. The quantitative estimate of drug-likeness (QED) is 0.746. The van der Waals surface area contributed by atoms with Gasteiger partial charge in [-0.3, -0.25) is 0 Å². The average molecular weight is 224 g/mol. The van der Waals surface area contributed by atoms with E-state index in [1.165, 1.54) is 71.1 Å². The van der Waals surface area contributed by atoms with Crippen LogP contribution in [0.4, 0.5) is 0 Å². The predicted octanol–water partition coefficient (Wildman–Crippen LogP) is 2.64. The Morgan fingerprint density at radius 1 is 1.12 bits per heavy atom. The molecule has 94 valence electrons. The summed E-state index contributed by atoms with van der Waals surface area (Å²) < 4.78 is 0. The fraction of sp³-hybridized carbons (Fsp3) is 1.00. The molecule has 1 heterocycles. The summed E-state index contributed by atoms with van der Waals surface area (Å²) >= 11 is 0. The summed E-state index contributed by atoms with van der Waals surface area (Å²) in [6, 6.07) is 0.812. The highest BCUT2D eigenvalue weighted by atomic mass is 15.1. The molecule has 1 aliphatic heterocycles. The molecule has 0 amide bonds. The Morgan fingerprint density at radius 2 is 1.81 bits per heavy atom. The molecule has 2 aliphatic rings. The van der Waals surface area contributed by atoms with Gasteiger partial charge in [-0.05, 0) is 51.1 Å². The Morgan fingerprint density at radius 3 is 2.38 bits per heavy atom. The average Bonchev–Trinajstić information content (AvgIpc) is 3.11. The van der Waals surface area contributed by atoms with Crippen LogP contribution in [0.2, 0.25) is 0 Å². The van der Waals surface area contributed by atoms with Gasteiger partial charge in [0.1, 0.15) is 0 Å². The summed E-state index contributed by atoms with van der Waals surface area (Å²) in [5.74, 6) is 1.01. The maximum Gasteiger partial charge on any atom is 0.0107 e. The molecule has 1 N–H and O–H groups in total. The molecular formula is C14H28N2. The van der Waals surface area contributed by atoms with Crippen molar-refractivity contribution in [3.63, 3.8) is 0 Å². The highest BCUT2D eigenvalue weighted by molar-refractivity contribution is 4.85. The van der Waals surface area contributed by atoms with Crippen LogP contribution in [0.5, 0.6) is 0 Å². The Bertz CT molecular complexity index is 181. The van der Waals surface area contributed by atoms with E-state index in [0.717, 1.165) is 12.0 Å². The Kier molecular flexibility index (Phi) is 5.11. The van der Waals surface area contributed by atoms with Crippen molar-refractivity contribution >= 4 is 0 Å². The molecule has 2 fully saturated rings. The van der Waals surface area contributed by atoms with Gasteiger partial charge in [0, 0.05) is 19.1 Å². The molecule has 0 radical (unpaired) electrons. The van der Waals surface area contributed by atoms with Gasteiger partial charge in [-0.2, -0.15) is 0 Å². The van der Waals surface area contributed by atoms with Crippen LogP contribution in [0.1, 0.15) is 51.9 Å². The molecule has 0 aromatic heterocycles. The second-order valence-electron chi connectivity index (χ2n) is 5.56. The maximum absolute atomic E-state index is 3.76. The van der Waals surface area contributed by atoms with E-state index in [2.05, 4.69) is 17.1 Å². The number of hydrogen-bond acceptors (Lipinski definition) is 2. The van der Waals surface area contributed by atoms with Crippen molar-refractivity contribution in [2.24, 2.45) is 5.92 Å². The molecule has 1 saturated carbocycles. The SMILES string of the molecule is CCC(NCCN1CCCCCC1)C1CC1. The third kappa shape index (κ3) is 4.06. The zero-order chi connectivity index (χ0) is 11.2. The van der Waals surface area contributed by atoms with Gasteiger partial charge in [-0.15, -0.1) is 0 Å². The van der Waals surface area contributed by atoms with Crippen LogP contribution in [0.15, 0.2) is 0 Å². The minimum atomic E-state index is 0.812. The number of nitrogens with zero attached hydrogens (tertiary/aromatic N) is 1. The van der Waals surface area contributed by atoms with E-state index in [1.54, 1.807) is 0 Å². The molecule has 1 aliphatic carbocycles. The second kappa shape index (κ2) is 6.61. The third-order valence-electron chi connectivity index (χ3n) is 4.16. The molecule has 2 rings (SSSR count). The van der Waals surface area contributed by atoms with Gasteiger partial charge < -0.3 is 10.2 Å². The van der Waals surface area contributed by atoms with Gasteiger partial charge in [0.05, 0.1) is 0 Å². The normalized spacial score (nSPS) is 25.3. The Hall–Kier alpha value is -0.0800. The monoisotopic (exact) mass is 224 g/mol. The molecule has 16 heavy (non-hydrogen) atoms. The number of likely N-dealkylation sites (tertiary alicyclic amines) is 1. The Balaban J connectivity index is 1.58. The van der Waals surface area contributed by atoms with Crippen LogP contribution >= 0.6 is 0 Å². The highest BCUT2D eigenvalue weighted by Crippen LogP contribution is 2.33. The van der Waals surface area contributed by atoms with Crippen molar-refractivity contribution in [2.75, 3.05) is 26.2 Å². The van der Waals surface area contributed by atoms with E-state index < -0.39 is 0 Å². The van der Waals surface area contributed by atoms with E-state index in [4.69, 9.17) is 0 Å². The van der Waals surface area contributed by atoms with E-state index >= 15 is 0 Å². The molecule has 2 heteroatoms. The zero-order valence-electron chi connectivity index (χ0n) is 10.9. The van der Waals surface area contributed by atoms with E-state index in [1.807, 2.05) is 0 Å². The summed E-state index contributed by atoms with van der Waals surface area (Å²) in [5.41, 5.74) is 0. The molecule has 0 aromatic carbocycles. The predicted molar refractivity (Wildman–Crippen MR) is 69.7 cm³/mol. The molecule has 0 spiro atoms. The van der Waals surface area contributed by atoms with E-state index in [9.17, 15) is 0 Å². The van der Waals surface area contributed by atoms with Crippen LogP contribution < -0.4 is 5.32 Å². The topological polar surface area (TPSA) is 15.3 Å². The minimum absolute atomic E-state index is 0.812.